The van der Waals surface area contributed by atoms with Crippen molar-refractivity contribution in [3.8, 4) is 10.4 Å². The normalized spacial score (nSPS) is 14.6. The Hall–Kier alpha value is -3.90. The number of nitrogens with one attached hydrogen (secondary N) is 1. The monoisotopic (exact) mass is 465 g/mol. The van der Waals surface area contributed by atoms with Crippen molar-refractivity contribution in [2.45, 2.75) is 13.5 Å². The van der Waals surface area contributed by atoms with Crippen LogP contribution in [0.4, 0.5) is 4.39 Å². The van der Waals surface area contributed by atoms with E-state index in [2.05, 4.69) is 33.5 Å². The van der Waals surface area contributed by atoms with E-state index in [1.165, 1.54) is 22.2 Å². The summed E-state index contributed by atoms with van der Waals surface area (Å²) in [6, 6.07) is 20.6. The standard InChI is InChI=1S/C28H20FN3OS/c1-16-27(17-6-8-21(29)9-7-17)24(15-31-16)32-28(33)19-10-20-13-30-14-23(20)22(11-19)26-12-18-4-2-3-5-25(18)34-26/h2-13H,14-15H2,1H3,(H,32,33). The Morgan fingerprint density at radius 1 is 1.03 bits per heavy atom. The SMILES string of the molecule is CC1=NCC(NC(=O)c2cc3c(c(-c4cc5ccccc5s4)c2)CN=C3)=C1c1ccc(F)cc1. The quantitative estimate of drug-likeness (QED) is 0.380. The molecule has 0 radical (unpaired) electrons. The molecule has 1 N–H and O–H groups in total. The molecule has 0 aliphatic carbocycles. The highest BCUT2D eigenvalue weighted by molar-refractivity contribution is 7.22. The van der Waals surface area contributed by atoms with Crippen LogP contribution in [-0.2, 0) is 6.54 Å². The van der Waals surface area contributed by atoms with Gasteiger partial charge in [0.15, 0.2) is 0 Å². The van der Waals surface area contributed by atoms with Crippen LogP contribution in [0.2, 0.25) is 0 Å². The number of rotatable bonds is 4. The summed E-state index contributed by atoms with van der Waals surface area (Å²) in [5, 5.41) is 4.27. The molecule has 0 bridgehead atoms. The number of benzene rings is 3. The van der Waals surface area contributed by atoms with E-state index in [4.69, 9.17) is 0 Å². The number of amides is 1. The predicted molar refractivity (Wildman–Crippen MR) is 137 cm³/mol. The van der Waals surface area contributed by atoms with Gasteiger partial charge >= 0.3 is 0 Å². The summed E-state index contributed by atoms with van der Waals surface area (Å²) in [6.45, 7) is 2.91. The Morgan fingerprint density at radius 3 is 2.68 bits per heavy atom. The first-order chi connectivity index (χ1) is 16.6. The number of halogens is 1. The van der Waals surface area contributed by atoms with Crippen LogP contribution in [0.5, 0.6) is 0 Å². The maximum absolute atomic E-state index is 13.4. The van der Waals surface area contributed by atoms with Gasteiger partial charge in [-0.25, -0.2) is 4.39 Å². The van der Waals surface area contributed by atoms with E-state index in [1.54, 1.807) is 23.5 Å². The summed E-state index contributed by atoms with van der Waals surface area (Å²) in [7, 11) is 0. The lowest BCUT2D eigenvalue weighted by molar-refractivity contribution is 0.0966. The predicted octanol–water partition coefficient (Wildman–Crippen LogP) is 6.26. The summed E-state index contributed by atoms with van der Waals surface area (Å²) in [5.74, 6) is -0.485. The fraction of sp³-hybridized carbons (Fsp3) is 0.107. The van der Waals surface area contributed by atoms with E-state index in [0.29, 0.717) is 18.7 Å². The van der Waals surface area contributed by atoms with Gasteiger partial charge in [0.05, 0.1) is 13.1 Å². The minimum atomic E-state index is -0.295. The maximum atomic E-state index is 13.4. The van der Waals surface area contributed by atoms with Crippen molar-refractivity contribution in [2.75, 3.05) is 6.54 Å². The summed E-state index contributed by atoms with van der Waals surface area (Å²) in [4.78, 5) is 23.5. The van der Waals surface area contributed by atoms with E-state index in [9.17, 15) is 9.18 Å². The highest BCUT2D eigenvalue weighted by Crippen LogP contribution is 2.38. The number of hydrogen-bond donors (Lipinski definition) is 1. The molecule has 1 amide bonds. The van der Waals surface area contributed by atoms with Crippen LogP contribution in [-0.4, -0.2) is 24.4 Å². The van der Waals surface area contributed by atoms with Crippen molar-refractivity contribution in [3.63, 3.8) is 0 Å². The fourth-order valence-corrected chi connectivity index (χ4v) is 5.68. The Labute approximate surface area is 200 Å². The summed E-state index contributed by atoms with van der Waals surface area (Å²) >= 11 is 1.72. The number of carbonyl (C=O) groups is 1. The van der Waals surface area contributed by atoms with Crippen LogP contribution in [0, 0.1) is 5.82 Å². The van der Waals surface area contributed by atoms with Gasteiger partial charge in [-0.3, -0.25) is 14.8 Å². The van der Waals surface area contributed by atoms with Gasteiger partial charge in [0.25, 0.3) is 5.91 Å². The fourth-order valence-electron chi connectivity index (χ4n) is 4.57. The highest BCUT2D eigenvalue weighted by Gasteiger charge is 2.23. The molecule has 4 aromatic rings. The Balaban J connectivity index is 1.38. The lowest BCUT2D eigenvalue weighted by atomic mass is 9.97. The second-order valence-electron chi connectivity index (χ2n) is 8.43. The van der Waals surface area contributed by atoms with Crippen LogP contribution >= 0.6 is 11.3 Å². The second-order valence-corrected chi connectivity index (χ2v) is 9.51. The molecule has 3 heterocycles. The molecule has 0 saturated carbocycles. The second kappa shape index (κ2) is 8.15. The smallest absolute Gasteiger partial charge is 0.255 e. The lowest BCUT2D eigenvalue weighted by Crippen LogP contribution is -2.25. The molecule has 4 nitrogen and oxygen atoms in total. The number of allylic oxidation sites excluding steroid dienone is 1. The molecule has 2 aliphatic heterocycles. The van der Waals surface area contributed by atoms with Gasteiger partial charge in [-0.15, -0.1) is 11.3 Å². The molecular formula is C28H20FN3OS. The number of aliphatic imine (C=N–C) groups is 2. The van der Waals surface area contributed by atoms with Crippen molar-refractivity contribution in [1.29, 1.82) is 0 Å². The first-order valence-electron chi connectivity index (χ1n) is 11.0. The number of thiophene rings is 1. The summed E-state index contributed by atoms with van der Waals surface area (Å²) in [6.07, 6.45) is 1.84. The van der Waals surface area contributed by atoms with Gasteiger partial charge in [0.1, 0.15) is 5.82 Å². The number of carbonyl (C=O) groups excluding carboxylic acids is 1. The third-order valence-electron chi connectivity index (χ3n) is 6.25. The third kappa shape index (κ3) is 3.56. The first kappa shape index (κ1) is 20.7. The molecule has 166 valence electrons. The molecule has 34 heavy (non-hydrogen) atoms. The number of fused-ring (bicyclic) bond motifs is 2. The molecule has 6 heteroatoms. The van der Waals surface area contributed by atoms with E-state index >= 15 is 0 Å². The third-order valence-corrected chi connectivity index (χ3v) is 7.40. The summed E-state index contributed by atoms with van der Waals surface area (Å²) < 4.78 is 14.6. The molecule has 0 fully saturated rings. The highest BCUT2D eigenvalue weighted by atomic mass is 32.1. The molecule has 0 atom stereocenters. The van der Waals surface area contributed by atoms with Gasteiger partial charge in [-0.1, -0.05) is 30.3 Å². The van der Waals surface area contributed by atoms with E-state index in [-0.39, 0.29) is 11.7 Å². The van der Waals surface area contributed by atoms with Crippen LogP contribution in [0.3, 0.4) is 0 Å². The molecule has 1 aromatic heterocycles. The molecule has 6 rings (SSSR count). The number of hydrogen-bond acceptors (Lipinski definition) is 4. The maximum Gasteiger partial charge on any atom is 0.255 e. The largest absolute Gasteiger partial charge is 0.323 e. The molecule has 0 unspecified atom stereocenters. The van der Waals surface area contributed by atoms with Crippen LogP contribution in [0.25, 0.3) is 26.1 Å². The Morgan fingerprint density at radius 2 is 1.85 bits per heavy atom. The zero-order valence-corrected chi connectivity index (χ0v) is 19.2. The minimum absolute atomic E-state index is 0.190. The lowest BCUT2D eigenvalue weighted by Gasteiger charge is -2.13. The number of nitrogens with zero attached hydrogens (tertiary/aromatic N) is 2. The Kier molecular flexibility index (Phi) is 4.96. The van der Waals surface area contributed by atoms with Crippen molar-refractivity contribution in [1.82, 2.24) is 5.32 Å². The van der Waals surface area contributed by atoms with E-state index in [0.717, 1.165) is 44.1 Å². The summed E-state index contributed by atoms with van der Waals surface area (Å²) in [5.41, 5.74) is 6.99. The topological polar surface area (TPSA) is 53.8 Å². The zero-order valence-electron chi connectivity index (χ0n) is 18.4. The molecule has 3 aromatic carbocycles. The van der Waals surface area contributed by atoms with Gasteiger partial charge < -0.3 is 5.32 Å². The van der Waals surface area contributed by atoms with Gasteiger partial charge in [0.2, 0.25) is 0 Å². The van der Waals surface area contributed by atoms with Crippen molar-refractivity contribution in [2.24, 2.45) is 9.98 Å². The van der Waals surface area contributed by atoms with Crippen molar-refractivity contribution < 1.29 is 9.18 Å². The van der Waals surface area contributed by atoms with Gasteiger partial charge in [-0.05, 0) is 71.0 Å². The van der Waals surface area contributed by atoms with Crippen molar-refractivity contribution in [3.05, 3.63) is 100 Å². The minimum Gasteiger partial charge on any atom is -0.323 e. The molecular weight excluding hydrogens is 445 g/mol. The average Bonchev–Trinajstić information content (AvgIpc) is 3.57. The van der Waals surface area contributed by atoms with Crippen LogP contribution in [0.1, 0.15) is 34.0 Å². The molecule has 0 spiro atoms. The Bertz CT molecular complexity index is 1530. The first-order valence-corrected chi connectivity index (χ1v) is 11.9. The van der Waals surface area contributed by atoms with Crippen LogP contribution in [0.15, 0.2) is 82.4 Å². The zero-order chi connectivity index (χ0) is 23.2. The average molecular weight is 466 g/mol. The van der Waals surface area contributed by atoms with E-state index in [1.807, 2.05) is 37.4 Å². The van der Waals surface area contributed by atoms with E-state index < -0.39 is 0 Å². The van der Waals surface area contributed by atoms with Gasteiger partial charge in [-0.2, -0.15) is 0 Å². The van der Waals surface area contributed by atoms with Crippen LogP contribution < -0.4 is 5.32 Å². The molecule has 2 aliphatic rings. The van der Waals surface area contributed by atoms with Gasteiger partial charge in [0, 0.05) is 38.3 Å². The van der Waals surface area contributed by atoms with Crippen molar-refractivity contribution >= 4 is 44.8 Å². The molecule has 0 saturated heterocycles.